The summed E-state index contributed by atoms with van der Waals surface area (Å²) in [4.78, 5) is 38.3. The van der Waals surface area contributed by atoms with E-state index >= 15 is 0 Å². The van der Waals surface area contributed by atoms with Gasteiger partial charge in [0.15, 0.2) is 0 Å². The van der Waals surface area contributed by atoms with Crippen LogP contribution in [0.3, 0.4) is 0 Å². The Labute approximate surface area is 174 Å². The van der Waals surface area contributed by atoms with E-state index in [-0.39, 0.29) is 23.5 Å². The van der Waals surface area contributed by atoms with Gasteiger partial charge in [-0.15, -0.1) is 0 Å². The molecule has 3 heterocycles. The lowest BCUT2D eigenvalue weighted by Gasteiger charge is -2.29. The molecule has 0 unspecified atom stereocenters. The predicted molar refractivity (Wildman–Crippen MR) is 108 cm³/mol. The quantitative estimate of drug-likeness (QED) is 0.400. The zero-order valence-electron chi connectivity index (χ0n) is 15.3. The molecule has 3 fully saturated rings. The zero-order valence-corrected chi connectivity index (χ0v) is 16.9. The molecule has 3 saturated heterocycles. The van der Waals surface area contributed by atoms with Crippen molar-refractivity contribution in [1.29, 1.82) is 0 Å². The molecular weight excluding hydrogens is 440 g/mol. The number of amides is 2. The fraction of sp³-hybridized carbons (Fsp3) is 0.300. The Morgan fingerprint density at radius 2 is 1.52 bits per heavy atom. The molecule has 2 aromatic rings. The Kier molecular flexibility index (Phi) is 4.27. The summed E-state index contributed by atoms with van der Waals surface area (Å²) < 4.78 is 0.954. The minimum Gasteiger partial charge on any atom is -0.274 e. The molecule has 0 saturated carbocycles. The van der Waals surface area contributed by atoms with Crippen molar-refractivity contribution in [3.63, 3.8) is 0 Å². The summed E-state index contributed by atoms with van der Waals surface area (Å²) in [5, 5.41) is 15.1. The number of benzene rings is 2. The number of hydrogen-bond acceptors (Lipinski definition) is 6. The van der Waals surface area contributed by atoms with E-state index in [0.717, 1.165) is 29.5 Å². The Bertz CT molecular complexity index is 1010. The first-order chi connectivity index (χ1) is 14.0. The first-order valence-electron chi connectivity index (χ1n) is 9.38. The standard InChI is InChI=1S/C20H17BrN4O4/c21-13-4-2-12(3-5-13)17-16-18(23-11-1-10-22(17)23)20(27)24(19(16)26)14-6-8-15(9-7-14)25(28)29/h2-9,16-18H,1,10-11H2/t16-,17+,18+/m0/s1. The third-order valence-corrected chi connectivity index (χ3v) is 6.46. The van der Waals surface area contributed by atoms with Crippen LogP contribution in [0.1, 0.15) is 18.0 Å². The summed E-state index contributed by atoms with van der Waals surface area (Å²) in [6, 6.07) is 12.7. The van der Waals surface area contributed by atoms with Crippen LogP contribution in [0.4, 0.5) is 11.4 Å². The van der Waals surface area contributed by atoms with Crippen molar-refractivity contribution in [3.8, 4) is 0 Å². The number of fused-ring (bicyclic) bond motifs is 3. The first kappa shape index (κ1) is 18.4. The molecule has 29 heavy (non-hydrogen) atoms. The van der Waals surface area contributed by atoms with Crippen LogP contribution in [0.5, 0.6) is 0 Å². The number of non-ortho nitro benzene ring substituents is 1. The molecule has 148 valence electrons. The summed E-state index contributed by atoms with van der Waals surface area (Å²) in [7, 11) is 0. The third kappa shape index (κ3) is 2.72. The lowest BCUT2D eigenvalue weighted by Crippen LogP contribution is -2.44. The highest BCUT2D eigenvalue weighted by molar-refractivity contribution is 9.10. The van der Waals surface area contributed by atoms with E-state index in [2.05, 4.69) is 20.9 Å². The topological polar surface area (TPSA) is 87.0 Å². The van der Waals surface area contributed by atoms with E-state index in [1.165, 1.54) is 29.2 Å². The molecule has 5 rings (SSSR count). The monoisotopic (exact) mass is 456 g/mol. The lowest BCUT2D eigenvalue weighted by molar-refractivity contribution is -0.384. The second-order valence-corrected chi connectivity index (χ2v) is 8.35. The number of anilines is 1. The predicted octanol–water partition coefficient (Wildman–Crippen LogP) is 2.89. The van der Waals surface area contributed by atoms with Crippen molar-refractivity contribution in [2.45, 2.75) is 18.5 Å². The number of carbonyl (C=O) groups is 2. The normalized spacial score (nSPS) is 26.8. The van der Waals surface area contributed by atoms with E-state index in [0.29, 0.717) is 5.69 Å². The average molecular weight is 457 g/mol. The average Bonchev–Trinajstić information content (AvgIpc) is 3.35. The van der Waals surface area contributed by atoms with Crippen LogP contribution in [0, 0.1) is 16.0 Å². The van der Waals surface area contributed by atoms with Gasteiger partial charge in [-0.3, -0.25) is 19.7 Å². The summed E-state index contributed by atoms with van der Waals surface area (Å²) in [6.45, 7) is 1.55. The van der Waals surface area contributed by atoms with Crippen molar-refractivity contribution in [2.24, 2.45) is 5.92 Å². The van der Waals surface area contributed by atoms with E-state index < -0.39 is 16.9 Å². The molecule has 0 N–H and O–H groups in total. The Morgan fingerprint density at radius 3 is 2.14 bits per heavy atom. The van der Waals surface area contributed by atoms with Gasteiger partial charge in [-0.25, -0.2) is 14.9 Å². The second-order valence-electron chi connectivity index (χ2n) is 7.43. The number of hydrazine groups is 1. The maximum atomic E-state index is 13.4. The smallest absolute Gasteiger partial charge is 0.269 e. The molecule has 2 amide bonds. The molecular formula is C20H17BrN4O4. The van der Waals surface area contributed by atoms with Crippen LogP contribution in [0.15, 0.2) is 53.0 Å². The number of nitrogens with zero attached hydrogens (tertiary/aromatic N) is 4. The van der Waals surface area contributed by atoms with Gasteiger partial charge in [0.25, 0.3) is 11.6 Å². The Balaban J connectivity index is 1.54. The minimum absolute atomic E-state index is 0.0773. The van der Waals surface area contributed by atoms with Gasteiger partial charge in [0.2, 0.25) is 5.91 Å². The fourth-order valence-corrected chi connectivity index (χ4v) is 5.02. The van der Waals surface area contributed by atoms with Gasteiger partial charge in [0.05, 0.1) is 22.6 Å². The highest BCUT2D eigenvalue weighted by Crippen LogP contribution is 2.49. The van der Waals surface area contributed by atoms with Crippen molar-refractivity contribution >= 4 is 39.1 Å². The lowest BCUT2D eigenvalue weighted by atomic mass is 9.90. The SMILES string of the molecule is O=C1[C@H]2[C@@H](c3ccc(Br)cc3)N3CCCN3[C@H]2C(=O)N1c1ccc([N+](=O)[O-])cc1. The highest BCUT2D eigenvalue weighted by atomic mass is 79.9. The molecule has 0 spiro atoms. The Hall–Kier alpha value is -2.62. The van der Waals surface area contributed by atoms with Crippen LogP contribution in [-0.2, 0) is 9.59 Å². The maximum Gasteiger partial charge on any atom is 0.269 e. The zero-order chi connectivity index (χ0) is 20.3. The number of nitro benzene ring substituents is 1. The molecule has 3 aliphatic heterocycles. The summed E-state index contributed by atoms with van der Waals surface area (Å²) in [5.74, 6) is -1.02. The van der Waals surface area contributed by atoms with Gasteiger partial charge in [0.1, 0.15) is 6.04 Å². The highest BCUT2D eigenvalue weighted by Gasteiger charge is 2.62. The van der Waals surface area contributed by atoms with Gasteiger partial charge >= 0.3 is 0 Å². The van der Waals surface area contributed by atoms with Crippen molar-refractivity contribution in [1.82, 2.24) is 10.0 Å². The molecule has 8 nitrogen and oxygen atoms in total. The first-order valence-corrected chi connectivity index (χ1v) is 10.2. The number of rotatable bonds is 3. The Morgan fingerprint density at radius 1 is 0.897 bits per heavy atom. The van der Waals surface area contributed by atoms with E-state index in [4.69, 9.17) is 0 Å². The summed E-state index contributed by atoms with van der Waals surface area (Å²) >= 11 is 3.44. The van der Waals surface area contributed by atoms with Crippen LogP contribution in [-0.4, -0.2) is 45.9 Å². The molecule has 9 heteroatoms. The summed E-state index contributed by atoms with van der Waals surface area (Å²) in [6.07, 6.45) is 0.940. The minimum atomic E-state index is -0.533. The molecule has 0 aromatic heterocycles. The van der Waals surface area contributed by atoms with E-state index in [1.54, 1.807) is 0 Å². The number of imide groups is 1. The second kappa shape index (κ2) is 6.72. The number of halogens is 1. The third-order valence-electron chi connectivity index (χ3n) is 5.94. The van der Waals surface area contributed by atoms with Gasteiger partial charge in [-0.1, -0.05) is 28.1 Å². The molecule has 0 aliphatic carbocycles. The molecule has 0 radical (unpaired) electrons. The van der Waals surface area contributed by atoms with Crippen LogP contribution < -0.4 is 4.90 Å². The van der Waals surface area contributed by atoms with Crippen LogP contribution in [0.25, 0.3) is 0 Å². The van der Waals surface area contributed by atoms with E-state index in [1.807, 2.05) is 29.3 Å². The molecule has 2 aromatic carbocycles. The summed E-state index contributed by atoms with van der Waals surface area (Å²) in [5.41, 5.74) is 1.30. The molecule has 0 bridgehead atoms. The van der Waals surface area contributed by atoms with Gasteiger partial charge < -0.3 is 0 Å². The largest absolute Gasteiger partial charge is 0.274 e. The van der Waals surface area contributed by atoms with Crippen molar-refractivity contribution in [2.75, 3.05) is 18.0 Å². The van der Waals surface area contributed by atoms with Gasteiger partial charge in [-0.05, 0) is 36.2 Å². The van der Waals surface area contributed by atoms with Crippen LogP contribution in [0.2, 0.25) is 0 Å². The van der Waals surface area contributed by atoms with Gasteiger partial charge in [0, 0.05) is 29.7 Å². The van der Waals surface area contributed by atoms with Crippen molar-refractivity contribution in [3.05, 3.63) is 68.7 Å². The number of nitro groups is 1. The fourth-order valence-electron chi connectivity index (χ4n) is 4.75. The van der Waals surface area contributed by atoms with Gasteiger partial charge in [-0.2, -0.15) is 0 Å². The number of hydrogen-bond donors (Lipinski definition) is 0. The van der Waals surface area contributed by atoms with Crippen molar-refractivity contribution < 1.29 is 14.5 Å². The van der Waals surface area contributed by atoms with E-state index in [9.17, 15) is 19.7 Å². The van der Waals surface area contributed by atoms with Crippen LogP contribution >= 0.6 is 15.9 Å². The maximum absolute atomic E-state index is 13.4. The number of carbonyl (C=O) groups excluding carboxylic acids is 2. The molecule has 3 aliphatic rings. The molecule has 3 atom stereocenters.